The van der Waals surface area contributed by atoms with Crippen LogP contribution in [0.2, 0.25) is 0 Å². The Morgan fingerprint density at radius 2 is 1.95 bits per heavy atom. The molecule has 0 aromatic carbocycles. The minimum atomic E-state index is -0.836. The summed E-state index contributed by atoms with van der Waals surface area (Å²) in [5, 5.41) is 11.5. The van der Waals surface area contributed by atoms with Gasteiger partial charge in [-0.15, -0.1) is 0 Å². The van der Waals surface area contributed by atoms with Crippen molar-refractivity contribution in [3.63, 3.8) is 0 Å². The third-order valence-electron chi connectivity index (χ3n) is 3.75. The lowest BCUT2D eigenvalue weighted by molar-refractivity contribution is -0.140. The second kappa shape index (κ2) is 8.95. The first-order valence-electron chi connectivity index (χ1n) is 7.70. The van der Waals surface area contributed by atoms with Crippen molar-refractivity contribution < 1.29 is 19.4 Å². The zero-order valence-corrected chi connectivity index (χ0v) is 12.6. The molecule has 2 unspecified atom stereocenters. The van der Waals surface area contributed by atoms with Crippen LogP contribution < -0.4 is 5.32 Å². The molecule has 1 rings (SSSR count). The lowest BCUT2D eigenvalue weighted by atomic mass is 9.97. The predicted molar refractivity (Wildman–Crippen MR) is 76.5 cm³/mol. The van der Waals surface area contributed by atoms with Gasteiger partial charge in [0.25, 0.3) is 0 Å². The van der Waals surface area contributed by atoms with E-state index in [-0.39, 0.29) is 24.5 Å². The largest absolute Gasteiger partial charge is 0.481 e. The Morgan fingerprint density at radius 3 is 2.50 bits per heavy atom. The lowest BCUT2D eigenvalue weighted by Gasteiger charge is -2.27. The summed E-state index contributed by atoms with van der Waals surface area (Å²) in [6, 6.07) is -0.136. The van der Waals surface area contributed by atoms with Gasteiger partial charge >= 0.3 is 5.97 Å². The number of amides is 1. The number of nitrogens with one attached hydrogen (secondary N) is 1. The molecule has 5 nitrogen and oxygen atoms in total. The Hall–Kier alpha value is -1.10. The van der Waals surface area contributed by atoms with Gasteiger partial charge in [-0.1, -0.05) is 26.2 Å². The second-order valence-electron chi connectivity index (χ2n) is 5.64. The summed E-state index contributed by atoms with van der Waals surface area (Å²) >= 11 is 0. The smallest absolute Gasteiger partial charge is 0.303 e. The van der Waals surface area contributed by atoms with Crippen LogP contribution in [0, 0.1) is 0 Å². The lowest BCUT2D eigenvalue weighted by Crippen LogP contribution is -2.42. The second-order valence-corrected chi connectivity index (χ2v) is 5.64. The molecule has 0 bridgehead atoms. The molecule has 1 amide bonds. The standard InChI is InChI=1S/C15H27NO4/c1-3-13(20-12-7-5-4-6-8-12)15(19)16-11(2)9-10-14(17)18/h11-13H,3-10H2,1-2H3,(H,16,19)(H,17,18). The first-order chi connectivity index (χ1) is 9.52. The van der Waals surface area contributed by atoms with Crippen LogP contribution >= 0.6 is 0 Å². The summed E-state index contributed by atoms with van der Waals surface area (Å²) < 4.78 is 5.90. The van der Waals surface area contributed by atoms with Crippen molar-refractivity contribution in [2.24, 2.45) is 0 Å². The highest BCUT2D eigenvalue weighted by Gasteiger charge is 2.24. The highest BCUT2D eigenvalue weighted by molar-refractivity contribution is 5.81. The first-order valence-corrected chi connectivity index (χ1v) is 7.70. The monoisotopic (exact) mass is 285 g/mol. The molecule has 1 aliphatic rings. The quantitative estimate of drug-likeness (QED) is 0.718. The summed E-state index contributed by atoms with van der Waals surface area (Å²) in [4.78, 5) is 22.6. The van der Waals surface area contributed by atoms with E-state index in [4.69, 9.17) is 9.84 Å². The predicted octanol–water partition coefficient (Wildman–Crippen LogP) is 2.48. The van der Waals surface area contributed by atoms with E-state index >= 15 is 0 Å². The van der Waals surface area contributed by atoms with Gasteiger partial charge in [-0.05, 0) is 32.6 Å². The van der Waals surface area contributed by atoms with Gasteiger partial charge in [0.2, 0.25) is 5.91 Å². The van der Waals surface area contributed by atoms with Crippen molar-refractivity contribution >= 4 is 11.9 Å². The molecular formula is C15H27NO4. The molecule has 1 aliphatic carbocycles. The number of carbonyl (C=O) groups excluding carboxylic acids is 1. The van der Waals surface area contributed by atoms with E-state index in [1.54, 1.807) is 0 Å². The summed E-state index contributed by atoms with van der Waals surface area (Å²) in [5.41, 5.74) is 0. The van der Waals surface area contributed by atoms with E-state index in [1.165, 1.54) is 19.3 Å². The molecule has 0 aliphatic heterocycles. The minimum absolute atomic E-state index is 0.0712. The summed E-state index contributed by atoms with van der Waals surface area (Å²) in [7, 11) is 0. The molecule has 1 fully saturated rings. The fourth-order valence-electron chi connectivity index (χ4n) is 2.52. The van der Waals surface area contributed by atoms with Crippen LogP contribution in [-0.2, 0) is 14.3 Å². The zero-order chi connectivity index (χ0) is 15.0. The maximum atomic E-state index is 12.1. The topological polar surface area (TPSA) is 75.6 Å². The molecule has 2 atom stereocenters. The molecule has 0 aromatic rings. The fraction of sp³-hybridized carbons (Fsp3) is 0.867. The SMILES string of the molecule is CCC(OC1CCCCC1)C(=O)NC(C)CCC(=O)O. The molecule has 0 spiro atoms. The molecule has 0 aromatic heterocycles. The van der Waals surface area contributed by atoms with E-state index in [1.807, 2.05) is 13.8 Å². The van der Waals surface area contributed by atoms with Gasteiger partial charge < -0.3 is 15.2 Å². The summed E-state index contributed by atoms with van der Waals surface area (Å²) in [6.45, 7) is 3.77. The van der Waals surface area contributed by atoms with Crippen LogP contribution in [0.5, 0.6) is 0 Å². The Balaban J connectivity index is 2.35. The van der Waals surface area contributed by atoms with Gasteiger partial charge in [-0.25, -0.2) is 0 Å². The van der Waals surface area contributed by atoms with Gasteiger partial charge in [-0.2, -0.15) is 0 Å². The average molecular weight is 285 g/mol. The summed E-state index contributed by atoms with van der Waals surface area (Å²) in [5.74, 6) is -0.951. The maximum Gasteiger partial charge on any atom is 0.303 e. The molecule has 0 saturated heterocycles. The van der Waals surface area contributed by atoms with Crippen LogP contribution in [-0.4, -0.2) is 35.2 Å². The Labute approximate surface area is 121 Å². The normalized spacial score (nSPS) is 19.3. The van der Waals surface area contributed by atoms with E-state index in [0.29, 0.717) is 12.8 Å². The summed E-state index contributed by atoms with van der Waals surface area (Å²) in [6.07, 6.45) is 6.65. The molecule has 20 heavy (non-hydrogen) atoms. The van der Waals surface area contributed by atoms with Crippen LogP contribution in [0.25, 0.3) is 0 Å². The van der Waals surface area contributed by atoms with Crippen molar-refractivity contribution in [2.75, 3.05) is 0 Å². The number of aliphatic carboxylic acids is 1. The van der Waals surface area contributed by atoms with Gasteiger partial charge in [-0.3, -0.25) is 9.59 Å². The van der Waals surface area contributed by atoms with Crippen molar-refractivity contribution in [1.82, 2.24) is 5.32 Å². The maximum absolute atomic E-state index is 12.1. The van der Waals surface area contributed by atoms with Crippen LogP contribution in [0.15, 0.2) is 0 Å². The van der Waals surface area contributed by atoms with Gasteiger partial charge in [0.15, 0.2) is 0 Å². The highest BCUT2D eigenvalue weighted by Crippen LogP contribution is 2.22. The number of rotatable bonds is 8. The first kappa shape index (κ1) is 17.0. The van der Waals surface area contributed by atoms with Gasteiger partial charge in [0, 0.05) is 12.5 Å². The molecule has 2 N–H and O–H groups in total. The molecular weight excluding hydrogens is 258 g/mol. The molecule has 5 heteroatoms. The minimum Gasteiger partial charge on any atom is -0.481 e. The van der Waals surface area contributed by atoms with Crippen molar-refractivity contribution in [2.45, 2.75) is 83.5 Å². The van der Waals surface area contributed by atoms with Gasteiger partial charge in [0.05, 0.1) is 6.10 Å². The fourth-order valence-corrected chi connectivity index (χ4v) is 2.52. The van der Waals surface area contributed by atoms with Crippen molar-refractivity contribution in [1.29, 1.82) is 0 Å². The van der Waals surface area contributed by atoms with Crippen molar-refractivity contribution in [3.8, 4) is 0 Å². The molecule has 0 heterocycles. The Bertz CT molecular complexity index is 313. The third-order valence-corrected chi connectivity index (χ3v) is 3.75. The van der Waals surface area contributed by atoms with E-state index in [0.717, 1.165) is 12.8 Å². The van der Waals surface area contributed by atoms with E-state index < -0.39 is 12.1 Å². The highest BCUT2D eigenvalue weighted by atomic mass is 16.5. The molecule has 116 valence electrons. The third kappa shape index (κ3) is 6.37. The molecule has 1 saturated carbocycles. The number of carboxylic acids is 1. The number of ether oxygens (including phenoxy) is 1. The van der Waals surface area contributed by atoms with Crippen molar-refractivity contribution in [3.05, 3.63) is 0 Å². The van der Waals surface area contributed by atoms with Crippen LogP contribution in [0.4, 0.5) is 0 Å². The number of hydrogen-bond donors (Lipinski definition) is 2. The van der Waals surface area contributed by atoms with E-state index in [9.17, 15) is 9.59 Å². The van der Waals surface area contributed by atoms with Crippen LogP contribution in [0.3, 0.4) is 0 Å². The Morgan fingerprint density at radius 1 is 1.30 bits per heavy atom. The van der Waals surface area contributed by atoms with Crippen LogP contribution in [0.1, 0.15) is 65.2 Å². The average Bonchev–Trinajstić information content (AvgIpc) is 2.43. The number of carbonyl (C=O) groups is 2. The van der Waals surface area contributed by atoms with E-state index in [2.05, 4.69) is 5.32 Å². The zero-order valence-electron chi connectivity index (χ0n) is 12.6. The Kier molecular flexibility index (Phi) is 7.59. The number of hydrogen-bond acceptors (Lipinski definition) is 3. The number of carboxylic acid groups (broad SMARTS) is 1. The van der Waals surface area contributed by atoms with Gasteiger partial charge in [0.1, 0.15) is 6.10 Å². The molecule has 0 radical (unpaired) electrons.